The third kappa shape index (κ3) is 3.37. The van der Waals surface area contributed by atoms with Gasteiger partial charge >= 0.3 is 0 Å². The van der Waals surface area contributed by atoms with E-state index in [1.54, 1.807) is 11.8 Å². The molecule has 1 heterocycles. The minimum atomic E-state index is 0.0523. The number of benzene rings is 3. The van der Waals surface area contributed by atoms with Crippen LogP contribution in [0.15, 0.2) is 71.9 Å². The molecule has 0 bridgehead atoms. The zero-order valence-electron chi connectivity index (χ0n) is 16.3. The topological polar surface area (TPSA) is 69.9 Å². The molecular weight excluding hydrogens is 396 g/mol. The first kappa shape index (κ1) is 18.6. The van der Waals surface area contributed by atoms with Gasteiger partial charge in [0.15, 0.2) is 5.78 Å². The van der Waals surface area contributed by atoms with Crippen LogP contribution in [0.5, 0.6) is 5.75 Å². The van der Waals surface area contributed by atoms with Gasteiger partial charge in [-0.05, 0) is 69.4 Å². The Morgan fingerprint density at radius 1 is 1.03 bits per heavy atom. The standard InChI is InChI=1S/C23H18N4O2S/c1-29-19-10-8-18(9-11-19)27-23(24-25-26-27)30-14-22(28)17-7-6-16-12-15-4-2-3-5-20(15)21(16)13-17/h2-11,13H,12,14H2,1H3. The molecule has 0 saturated heterocycles. The number of carbonyl (C=O) groups excluding carboxylic acids is 1. The van der Waals surface area contributed by atoms with Crippen LogP contribution in [0, 0.1) is 0 Å². The van der Waals surface area contributed by atoms with Crippen LogP contribution in [0.1, 0.15) is 21.5 Å². The number of ether oxygens (including phenoxy) is 1. The highest BCUT2D eigenvalue weighted by Gasteiger charge is 2.20. The van der Waals surface area contributed by atoms with Gasteiger partial charge in [-0.15, -0.1) is 5.10 Å². The highest BCUT2D eigenvalue weighted by atomic mass is 32.2. The third-order valence-electron chi connectivity index (χ3n) is 5.21. The average Bonchev–Trinajstić information content (AvgIpc) is 3.41. The number of rotatable bonds is 6. The molecule has 30 heavy (non-hydrogen) atoms. The van der Waals surface area contributed by atoms with E-state index in [9.17, 15) is 4.79 Å². The SMILES string of the molecule is COc1ccc(-n2nnnc2SCC(=O)c2ccc3c(c2)-c2ccccc2C3)cc1. The van der Waals surface area contributed by atoms with Crippen molar-refractivity contribution >= 4 is 17.5 Å². The van der Waals surface area contributed by atoms with Gasteiger partial charge in [0.2, 0.25) is 5.16 Å². The molecule has 1 aliphatic carbocycles. The number of carbonyl (C=O) groups is 1. The summed E-state index contributed by atoms with van der Waals surface area (Å²) in [5.41, 5.74) is 6.48. The van der Waals surface area contributed by atoms with Gasteiger partial charge in [-0.1, -0.05) is 48.2 Å². The third-order valence-corrected chi connectivity index (χ3v) is 6.13. The van der Waals surface area contributed by atoms with Crippen molar-refractivity contribution < 1.29 is 9.53 Å². The quantitative estimate of drug-likeness (QED) is 0.306. The number of methoxy groups -OCH3 is 1. The molecule has 0 saturated carbocycles. The summed E-state index contributed by atoms with van der Waals surface area (Å²) in [5, 5.41) is 12.5. The van der Waals surface area contributed by atoms with Gasteiger partial charge in [0.25, 0.3) is 0 Å². The highest BCUT2D eigenvalue weighted by Crippen LogP contribution is 2.37. The fourth-order valence-electron chi connectivity index (χ4n) is 3.66. The number of tetrazole rings is 1. The van der Waals surface area contributed by atoms with E-state index < -0.39 is 0 Å². The van der Waals surface area contributed by atoms with Gasteiger partial charge < -0.3 is 4.74 Å². The fraction of sp³-hybridized carbons (Fsp3) is 0.130. The number of ketones is 1. The number of thioether (sulfide) groups is 1. The number of hydrogen-bond acceptors (Lipinski definition) is 6. The van der Waals surface area contributed by atoms with Gasteiger partial charge in [0.1, 0.15) is 5.75 Å². The van der Waals surface area contributed by atoms with Gasteiger partial charge in [-0.3, -0.25) is 4.79 Å². The summed E-state index contributed by atoms with van der Waals surface area (Å²) in [7, 11) is 1.62. The Bertz CT molecular complexity index is 1230. The lowest BCUT2D eigenvalue weighted by molar-refractivity contribution is 0.102. The van der Waals surface area contributed by atoms with Crippen molar-refractivity contribution in [3.05, 3.63) is 83.4 Å². The zero-order chi connectivity index (χ0) is 20.5. The van der Waals surface area contributed by atoms with E-state index in [-0.39, 0.29) is 11.5 Å². The first-order valence-corrected chi connectivity index (χ1v) is 10.5. The summed E-state index contributed by atoms with van der Waals surface area (Å²) in [6.07, 6.45) is 0.922. The maximum absolute atomic E-state index is 12.9. The molecule has 7 heteroatoms. The van der Waals surface area contributed by atoms with Crippen molar-refractivity contribution in [3.8, 4) is 22.6 Å². The van der Waals surface area contributed by atoms with Crippen LogP contribution >= 0.6 is 11.8 Å². The number of hydrogen-bond donors (Lipinski definition) is 0. The molecule has 0 atom stereocenters. The molecule has 0 spiro atoms. The molecule has 0 N–H and O–H groups in total. The van der Waals surface area contributed by atoms with E-state index in [2.05, 4.69) is 39.8 Å². The molecular formula is C23H18N4O2S. The Hall–Kier alpha value is -3.45. The van der Waals surface area contributed by atoms with Crippen LogP contribution in [0.3, 0.4) is 0 Å². The van der Waals surface area contributed by atoms with Crippen LogP contribution in [0.2, 0.25) is 0 Å². The molecule has 1 aliphatic rings. The lowest BCUT2D eigenvalue weighted by Crippen LogP contribution is -2.05. The van der Waals surface area contributed by atoms with E-state index in [1.807, 2.05) is 42.5 Å². The molecule has 5 rings (SSSR count). The normalized spacial score (nSPS) is 11.8. The van der Waals surface area contributed by atoms with Crippen molar-refractivity contribution in [1.82, 2.24) is 20.2 Å². The molecule has 0 fully saturated rings. The van der Waals surface area contributed by atoms with E-state index in [0.29, 0.717) is 10.7 Å². The lowest BCUT2D eigenvalue weighted by atomic mass is 10.0. The maximum Gasteiger partial charge on any atom is 0.214 e. The smallest absolute Gasteiger partial charge is 0.214 e. The van der Waals surface area contributed by atoms with E-state index >= 15 is 0 Å². The summed E-state index contributed by atoms with van der Waals surface area (Å²) in [5.74, 6) is 1.07. The minimum absolute atomic E-state index is 0.0523. The van der Waals surface area contributed by atoms with Crippen molar-refractivity contribution in [2.75, 3.05) is 12.9 Å². The Morgan fingerprint density at radius 2 is 1.83 bits per heavy atom. The number of aromatic nitrogens is 4. The lowest BCUT2D eigenvalue weighted by Gasteiger charge is -2.07. The molecule has 0 unspecified atom stereocenters. The maximum atomic E-state index is 12.9. The summed E-state index contributed by atoms with van der Waals surface area (Å²) >= 11 is 1.33. The molecule has 6 nitrogen and oxygen atoms in total. The predicted molar refractivity (Wildman–Crippen MR) is 115 cm³/mol. The molecule has 148 valence electrons. The van der Waals surface area contributed by atoms with Gasteiger partial charge in [-0.25, -0.2) is 0 Å². The first-order valence-electron chi connectivity index (χ1n) is 9.53. The van der Waals surface area contributed by atoms with Crippen LogP contribution in [-0.4, -0.2) is 38.9 Å². The van der Waals surface area contributed by atoms with Crippen molar-refractivity contribution in [1.29, 1.82) is 0 Å². The van der Waals surface area contributed by atoms with Crippen LogP contribution in [0.4, 0.5) is 0 Å². The zero-order valence-corrected chi connectivity index (χ0v) is 17.1. The van der Waals surface area contributed by atoms with Crippen LogP contribution < -0.4 is 4.74 Å². The summed E-state index contributed by atoms with van der Waals surface area (Å²) in [6.45, 7) is 0. The molecule has 0 amide bonds. The fourth-order valence-corrected chi connectivity index (χ4v) is 4.45. The second-order valence-electron chi connectivity index (χ2n) is 6.99. The van der Waals surface area contributed by atoms with Crippen molar-refractivity contribution in [2.24, 2.45) is 0 Å². The van der Waals surface area contributed by atoms with Crippen LogP contribution in [0.25, 0.3) is 16.8 Å². The van der Waals surface area contributed by atoms with Crippen LogP contribution in [-0.2, 0) is 6.42 Å². The summed E-state index contributed by atoms with van der Waals surface area (Å²) < 4.78 is 6.81. The second-order valence-corrected chi connectivity index (χ2v) is 7.93. The number of Topliss-reactive ketones (excluding diaryl/α,β-unsaturated/α-hetero) is 1. The Labute approximate surface area is 177 Å². The largest absolute Gasteiger partial charge is 0.497 e. The predicted octanol–water partition coefficient (Wildman–Crippen LogP) is 4.22. The Morgan fingerprint density at radius 3 is 2.67 bits per heavy atom. The number of fused-ring (bicyclic) bond motifs is 3. The summed E-state index contributed by atoms with van der Waals surface area (Å²) in [6, 6.07) is 21.8. The second kappa shape index (κ2) is 7.76. The van der Waals surface area contributed by atoms with Crippen molar-refractivity contribution in [3.63, 3.8) is 0 Å². The molecule has 3 aromatic carbocycles. The van der Waals surface area contributed by atoms with Gasteiger partial charge in [-0.2, -0.15) is 4.68 Å². The minimum Gasteiger partial charge on any atom is -0.497 e. The van der Waals surface area contributed by atoms with E-state index in [0.717, 1.165) is 23.4 Å². The van der Waals surface area contributed by atoms with E-state index in [4.69, 9.17) is 4.74 Å². The Balaban J connectivity index is 1.33. The van der Waals surface area contributed by atoms with Gasteiger partial charge in [0.05, 0.1) is 18.6 Å². The van der Waals surface area contributed by atoms with Gasteiger partial charge in [0, 0.05) is 5.56 Å². The summed E-state index contributed by atoms with van der Waals surface area (Å²) in [4.78, 5) is 12.9. The highest BCUT2D eigenvalue weighted by molar-refractivity contribution is 7.99. The van der Waals surface area contributed by atoms with E-state index in [1.165, 1.54) is 28.5 Å². The number of nitrogens with zero attached hydrogens (tertiary/aromatic N) is 4. The Kier molecular flexibility index (Phi) is 4.80. The average molecular weight is 414 g/mol. The monoisotopic (exact) mass is 414 g/mol. The molecule has 1 aromatic heterocycles. The molecule has 0 aliphatic heterocycles. The van der Waals surface area contributed by atoms with Crippen molar-refractivity contribution in [2.45, 2.75) is 11.6 Å². The molecule has 4 aromatic rings. The first-order chi connectivity index (χ1) is 14.7. The molecule has 0 radical (unpaired) electrons.